The lowest BCUT2D eigenvalue weighted by atomic mass is 9.78. The summed E-state index contributed by atoms with van der Waals surface area (Å²) >= 11 is 0. The molecule has 152 valence electrons. The summed E-state index contributed by atoms with van der Waals surface area (Å²) < 4.78 is 13.3. The molecule has 4 atom stereocenters. The Morgan fingerprint density at radius 2 is 1.00 bits per heavy atom. The summed E-state index contributed by atoms with van der Waals surface area (Å²) in [6, 6.07) is 24.9. The van der Waals surface area contributed by atoms with Gasteiger partial charge in [-0.05, 0) is 35.4 Å². The van der Waals surface area contributed by atoms with Crippen LogP contribution in [0.3, 0.4) is 0 Å². The van der Waals surface area contributed by atoms with Gasteiger partial charge in [-0.25, -0.2) is 9.97 Å². The highest BCUT2D eigenvalue weighted by Crippen LogP contribution is 2.58. The van der Waals surface area contributed by atoms with Crippen LogP contribution < -0.4 is 0 Å². The molecule has 1 aromatic heterocycles. The first-order valence-corrected chi connectivity index (χ1v) is 11.0. The molecule has 4 bridgehead atoms. The van der Waals surface area contributed by atoms with E-state index in [1.54, 1.807) is 0 Å². The van der Waals surface area contributed by atoms with Gasteiger partial charge in [-0.15, -0.1) is 0 Å². The Morgan fingerprint density at radius 1 is 0.562 bits per heavy atom. The minimum absolute atomic E-state index is 0.0616. The SMILES string of the molecule is C1=C[C@@]2(c3nc4ccccc4nc3[C@@]34C=C[C@@H](O3)c3ccccc34)O[C@@H]1c1ccccc12. The summed E-state index contributed by atoms with van der Waals surface area (Å²) in [5.41, 5.74) is 6.45. The number of hydrogen-bond donors (Lipinski definition) is 0. The van der Waals surface area contributed by atoms with Crippen LogP contribution >= 0.6 is 0 Å². The molecule has 0 amide bonds. The second kappa shape index (κ2) is 5.60. The van der Waals surface area contributed by atoms with Gasteiger partial charge in [-0.1, -0.05) is 72.8 Å². The van der Waals surface area contributed by atoms with Gasteiger partial charge >= 0.3 is 0 Å². The van der Waals surface area contributed by atoms with Crippen LogP contribution in [0.4, 0.5) is 0 Å². The van der Waals surface area contributed by atoms with E-state index in [0.717, 1.165) is 33.5 Å². The van der Waals surface area contributed by atoms with E-state index in [2.05, 4.69) is 72.8 Å². The quantitative estimate of drug-likeness (QED) is 0.412. The van der Waals surface area contributed by atoms with Gasteiger partial charge in [0.2, 0.25) is 0 Å². The summed E-state index contributed by atoms with van der Waals surface area (Å²) in [5.74, 6) is 0. The largest absolute Gasteiger partial charge is 0.348 e. The van der Waals surface area contributed by atoms with E-state index in [9.17, 15) is 0 Å². The van der Waals surface area contributed by atoms with Crippen molar-refractivity contribution in [1.29, 1.82) is 0 Å². The lowest BCUT2D eigenvalue weighted by molar-refractivity contribution is 0.00586. The number of ether oxygens (including phenoxy) is 2. The van der Waals surface area contributed by atoms with Gasteiger partial charge in [-0.2, -0.15) is 0 Å². The number of benzene rings is 3. The molecule has 0 radical (unpaired) electrons. The predicted octanol–water partition coefficient (Wildman–Crippen LogP) is 5.40. The maximum atomic E-state index is 6.66. The third-order valence-corrected chi connectivity index (χ3v) is 7.25. The van der Waals surface area contributed by atoms with Gasteiger partial charge in [0.1, 0.15) is 23.6 Å². The fraction of sp³-hybridized carbons (Fsp3) is 0.143. The number of hydrogen-bond acceptors (Lipinski definition) is 4. The van der Waals surface area contributed by atoms with Crippen molar-refractivity contribution in [3.05, 3.63) is 131 Å². The van der Waals surface area contributed by atoms with E-state index in [-0.39, 0.29) is 12.2 Å². The Kier molecular flexibility index (Phi) is 2.98. The first-order chi connectivity index (χ1) is 15.8. The van der Waals surface area contributed by atoms with Crippen LogP contribution in [0.15, 0.2) is 97.1 Å². The van der Waals surface area contributed by atoms with Crippen molar-refractivity contribution in [2.75, 3.05) is 0 Å². The van der Waals surface area contributed by atoms with E-state index < -0.39 is 11.2 Å². The minimum Gasteiger partial charge on any atom is -0.348 e. The Balaban J connectivity index is 1.48. The van der Waals surface area contributed by atoms with Gasteiger partial charge in [0.25, 0.3) is 0 Å². The Morgan fingerprint density at radius 3 is 1.50 bits per heavy atom. The second-order valence-electron chi connectivity index (χ2n) is 8.85. The van der Waals surface area contributed by atoms with E-state index in [1.165, 1.54) is 11.1 Å². The molecule has 0 unspecified atom stereocenters. The van der Waals surface area contributed by atoms with Crippen molar-refractivity contribution in [2.45, 2.75) is 23.4 Å². The molecule has 0 N–H and O–H groups in total. The van der Waals surface area contributed by atoms with E-state index in [4.69, 9.17) is 19.4 Å². The Labute approximate surface area is 184 Å². The van der Waals surface area contributed by atoms with Crippen LogP contribution in [0.1, 0.15) is 45.8 Å². The van der Waals surface area contributed by atoms with Crippen LogP contribution in [0.2, 0.25) is 0 Å². The molecule has 32 heavy (non-hydrogen) atoms. The van der Waals surface area contributed by atoms with Gasteiger partial charge in [0.15, 0.2) is 11.2 Å². The van der Waals surface area contributed by atoms with Crippen molar-refractivity contribution in [1.82, 2.24) is 9.97 Å². The van der Waals surface area contributed by atoms with Gasteiger partial charge in [0.05, 0.1) is 11.0 Å². The lowest BCUT2D eigenvalue weighted by Crippen LogP contribution is -2.34. The zero-order valence-electron chi connectivity index (χ0n) is 17.1. The second-order valence-corrected chi connectivity index (χ2v) is 8.85. The molecular weight excluding hydrogens is 396 g/mol. The maximum Gasteiger partial charge on any atom is 0.157 e. The van der Waals surface area contributed by atoms with Crippen LogP contribution in [0.25, 0.3) is 11.0 Å². The van der Waals surface area contributed by atoms with Crippen molar-refractivity contribution in [3.63, 3.8) is 0 Å². The summed E-state index contributed by atoms with van der Waals surface area (Å²) in [4.78, 5) is 10.4. The van der Waals surface area contributed by atoms with Crippen LogP contribution in [0, 0.1) is 0 Å². The van der Waals surface area contributed by atoms with Gasteiger partial charge < -0.3 is 9.47 Å². The summed E-state index contributed by atoms with van der Waals surface area (Å²) in [5, 5.41) is 0. The molecule has 5 heterocycles. The topological polar surface area (TPSA) is 44.2 Å². The van der Waals surface area contributed by atoms with Gasteiger partial charge in [-0.3, -0.25) is 0 Å². The Hall–Kier alpha value is -3.60. The number of rotatable bonds is 2. The first kappa shape index (κ1) is 17.0. The third-order valence-electron chi connectivity index (χ3n) is 7.25. The highest BCUT2D eigenvalue weighted by Gasteiger charge is 2.56. The van der Waals surface area contributed by atoms with Crippen molar-refractivity contribution < 1.29 is 9.47 Å². The predicted molar refractivity (Wildman–Crippen MR) is 120 cm³/mol. The van der Waals surface area contributed by atoms with Crippen LogP contribution in [-0.4, -0.2) is 9.97 Å². The third kappa shape index (κ3) is 1.87. The maximum absolute atomic E-state index is 6.66. The molecule has 0 saturated carbocycles. The molecule has 0 fully saturated rings. The van der Waals surface area contributed by atoms with Crippen molar-refractivity contribution >= 4 is 11.0 Å². The average molecular weight is 414 g/mol. The highest BCUT2D eigenvalue weighted by atomic mass is 16.5. The van der Waals surface area contributed by atoms with Gasteiger partial charge in [0, 0.05) is 11.1 Å². The number of aromatic nitrogens is 2. The number of fused-ring (bicyclic) bond motifs is 11. The van der Waals surface area contributed by atoms with E-state index in [1.807, 2.05) is 24.3 Å². The lowest BCUT2D eigenvalue weighted by Gasteiger charge is -2.32. The van der Waals surface area contributed by atoms with Crippen molar-refractivity contribution in [2.24, 2.45) is 0 Å². The summed E-state index contributed by atoms with van der Waals surface area (Å²) in [6.07, 6.45) is 8.45. The van der Waals surface area contributed by atoms with E-state index >= 15 is 0 Å². The fourth-order valence-electron chi connectivity index (χ4n) is 5.85. The summed E-state index contributed by atoms with van der Waals surface area (Å²) in [7, 11) is 0. The number of nitrogens with zero attached hydrogens (tertiary/aromatic N) is 2. The molecule has 0 aliphatic carbocycles. The molecule has 3 aromatic carbocycles. The van der Waals surface area contributed by atoms with Crippen LogP contribution in [0.5, 0.6) is 0 Å². The molecule has 4 aromatic rings. The van der Waals surface area contributed by atoms with Crippen molar-refractivity contribution in [3.8, 4) is 0 Å². The number of para-hydroxylation sites is 2. The molecule has 4 heteroatoms. The zero-order chi connectivity index (χ0) is 20.9. The average Bonchev–Trinajstić information content (AvgIpc) is 3.63. The molecule has 4 aliphatic heterocycles. The molecule has 0 spiro atoms. The Bertz CT molecular complexity index is 1410. The fourth-order valence-corrected chi connectivity index (χ4v) is 5.85. The molecule has 0 saturated heterocycles. The normalized spacial score (nSPS) is 30.2. The molecule has 8 rings (SSSR count). The smallest absolute Gasteiger partial charge is 0.157 e. The van der Waals surface area contributed by atoms with Crippen LogP contribution in [-0.2, 0) is 20.7 Å². The minimum atomic E-state index is -0.769. The zero-order valence-corrected chi connectivity index (χ0v) is 17.1. The molecule has 4 nitrogen and oxygen atoms in total. The highest BCUT2D eigenvalue weighted by molar-refractivity contribution is 5.76. The summed E-state index contributed by atoms with van der Waals surface area (Å²) in [6.45, 7) is 0. The standard InChI is InChI=1S/C28H18N2O2/c1-3-9-19-17(7-1)23-13-15-27(19,31-23)25-26(30-22-12-6-5-11-21(22)29-25)28-16-14-24(32-28)18-8-2-4-10-20(18)28/h1-16,23-24H/t23-,24+,27+,28-. The van der Waals surface area contributed by atoms with E-state index in [0.29, 0.717) is 0 Å². The molecular formula is C28H18N2O2. The molecule has 4 aliphatic rings. The monoisotopic (exact) mass is 414 g/mol. The first-order valence-electron chi connectivity index (χ1n) is 11.0.